The lowest BCUT2D eigenvalue weighted by Gasteiger charge is -2.14. The van der Waals surface area contributed by atoms with Crippen LogP contribution in [-0.2, 0) is 11.2 Å². The van der Waals surface area contributed by atoms with E-state index in [1.54, 1.807) is 12.1 Å². The van der Waals surface area contributed by atoms with E-state index in [1.807, 2.05) is 13.0 Å². The predicted molar refractivity (Wildman–Crippen MR) is 57.6 cm³/mol. The highest BCUT2D eigenvalue weighted by molar-refractivity contribution is 5.93. The molecule has 1 atom stereocenters. The van der Waals surface area contributed by atoms with E-state index in [2.05, 4.69) is 0 Å². The summed E-state index contributed by atoms with van der Waals surface area (Å²) in [7, 11) is 0. The summed E-state index contributed by atoms with van der Waals surface area (Å²) in [6.45, 7) is 2.13. The Hall–Kier alpha value is -1.55. The van der Waals surface area contributed by atoms with E-state index in [0.717, 1.165) is 5.56 Å². The van der Waals surface area contributed by atoms with Crippen LogP contribution in [0.15, 0.2) is 18.2 Å². The minimum absolute atomic E-state index is 0.0310. The molecule has 0 aliphatic carbocycles. The summed E-state index contributed by atoms with van der Waals surface area (Å²) in [5.74, 6) is 0.186. The number of rotatable bonds is 2. The minimum atomic E-state index is -0.362. The summed E-state index contributed by atoms with van der Waals surface area (Å²) in [6, 6.07) is 5.29. The highest BCUT2D eigenvalue weighted by atomic mass is 16.6. The van der Waals surface area contributed by atoms with Gasteiger partial charge in [0.15, 0.2) is 0 Å². The van der Waals surface area contributed by atoms with Crippen LogP contribution in [0.5, 0.6) is 5.75 Å². The topological polar surface area (TPSA) is 55.8 Å². The molecule has 0 bridgehead atoms. The van der Waals surface area contributed by atoms with Crippen LogP contribution in [0.3, 0.4) is 0 Å². The summed E-state index contributed by atoms with van der Waals surface area (Å²) < 4.78 is 10.7. The molecule has 0 fully saturated rings. The predicted octanol–water partition coefficient (Wildman–Crippen LogP) is 1.16. The van der Waals surface area contributed by atoms with Gasteiger partial charge in [0.25, 0.3) is 0 Å². The van der Waals surface area contributed by atoms with Crippen molar-refractivity contribution in [1.82, 2.24) is 0 Å². The molecule has 4 nitrogen and oxygen atoms in total. The molecular formula is C12H14O4. The lowest BCUT2D eigenvalue weighted by atomic mass is 10.1. The van der Waals surface area contributed by atoms with Gasteiger partial charge in [-0.05, 0) is 25.0 Å². The molecule has 0 saturated heterocycles. The summed E-state index contributed by atoms with van der Waals surface area (Å²) in [6.07, 6.45) is 0.313. The van der Waals surface area contributed by atoms with E-state index >= 15 is 0 Å². The molecule has 0 amide bonds. The Labute approximate surface area is 93.8 Å². The molecular weight excluding hydrogens is 208 g/mol. The smallest absolute Gasteiger partial charge is 0.342 e. The largest absolute Gasteiger partial charge is 0.486 e. The maximum atomic E-state index is 11.6. The molecule has 0 spiro atoms. The molecule has 0 radical (unpaired) electrons. The van der Waals surface area contributed by atoms with Gasteiger partial charge in [0, 0.05) is 6.61 Å². The molecule has 4 heteroatoms. The van der Waals surface area contributed by atoms with Gasteiger partial charge in [0.2, 0.25) is 0 Å². The normalized spacial score (nSPS) is 19.4. The number of fused-ring (bicyclic) bond motifs is 1. The second-order valence-corrected chi connectivity index (χ2v) is 3.79. The Morgan fingerprint density at radius 1 is 1.50 bits per heavy atom. The molecule has 16 heavy (non-hydrogen) atoms. The van der Waals surface area contributed by atoms with Crippen LogP contribution in [0.1, 0.15) is 22.8 Å². The van der Waals surface area contributed by atoms with Crippen molar-refractivity contribution in [3.05, 3.63) is 29.3 Å². The number of cyclic esters (lactones) is 1. The Morgan fingerprint density at radius 3 is 3.06 bits per heavy atom. The van der Waals surface area contributed by atoms with Gasteiger partial charge in [-0.3, -0.25) is 0 Å². The Kier molecular flexibility index (Phi) is 3.10. The third-order valence-electron chi connectivity index (χ3n) is 2.47. The van der Waals surface area contributed by atoms with Crippen LogP contribution < -0.4 is 4.74 Å². The van der Waals surface area contributed by atoms with Gasteiger partial charge in [-0.1, -0.05) is 12.1 Å². The molecule has 1 unspecified atom stereocenters. The van der Waals surface area contributed by atoms with Crippen molar-refractivity contribution in [3.63, 3.8) is 0 Å². The SMILES string of the molecule is CC1COC(=O)c2cccc(CCO)c2O1. The van der Waals surface area contributed by atoms with Crippen LogP contribution in [0.25, 0.3) is 0 Å². The molecule has 0 aromatic heterocycles. The maximum Gasteiger partial charge on any atom is 0.342 e. The van der Waals surface area contributed by atoms with Crippen molar-refractivity contribution in [1.29, 1.82) is 0 Å². The summed E-state index contributed by atoms with van der Waals surface area (Å²) in [4.78, 5) is 11.6. The lowest BCUT2D eigenvalue weighted by Crippen LogP contribution is -2.17. The highest BCUT2D eigenvalue weighted by Crippen LogP contribution is 2.28. The number of carbonyl (C=O) groups is 1. The fraction of sp³-hybridized carbons (Fsp3) is 0.417. The third-order valence-corrected chi connectivity index (χ3v) is 2.47. The van der Waals surface area contributed by atoms with Gasteiger partial charge < -0.3 is 14.6 Å². The fourth-order valence-corrected chi connectivity index (χ4v) is 1.71. The molecule has 1 aliphatic heterocycles. The van der Waals surface area contributed by atoms with Crippen molar-refractivity contribution < 1.29 is 19.4 Å². The standard InChI is InChI=1S/C12H14O4/c1-8-7-15-12(14)10-4-2-3-9(5-6-13)11(10)16-8/h2-4,8,13H,5-7H2,1H3. The van der Waals surface area contributed by atoms with Crippen molar-refractivity contribution in [2.75, 3.05) is 13.2 Å². The molecule has 1 aromatic carbocycles. The monoisotopic (exact) mass is 222 g/mol. The summed E-state index contributed by atoms with van der Waals surface area (Å²) >= 11 is 0. The van der Waals surface area contributed by atoms with Gasteiger partial charge in [-0.15, -0.1) is 0 Å². The molecule has 86 valence electrons. The zero-order chi connectivity index (χ0) is 11.5. The van der Waals surface area contributed by atoms with Gasteiger partial charge >= 0.3 is 5.97 Å². The Bertz CT molecular complexity index is 400. The first kappa shape index (κ1) is 11.0. The van der Waals surface area contributed by atoms with E-state index in [0.29, 0.717) is 17.7 Å². The second-order valence-electron chi connectivity index (χ2n) is 3.79. The Morgan fingerprint density at radius 2 is 2.31 bits per heavy atom. The van der Waals surface area contributed by atoms with Crippen molar-refractivity contribution in [3.8, 4) is 5.75 Å². The Balaban J connectivity index is 2.45. The fourth-order valence-electron chi connectivity index (χ4n) is 1.71. The van der Waals surface area contributed by atoms with Crippen molar-refractivity contribution in [2.45, 2.75) is 19.4 Å². The molecule has 1 heterocycles. The van der Waals surface area contributed by atoms with E-state index in [-0.39, 0.29) is 25.3 Å². The maximum absolute atomic E-state index is 11.6. The minimum Gasteiger partial charge on any atom is -0.486 e. The number of aliphatic hydroxyl groups is 1. The van der Waals surface area contributed by atoms with Gasteiger partial charge in [0.05, 0.1) is 0 Å². The molecule has 0 saturated carbocycles. The summed E-state index contributed by atoms with van der Waals surface area (Å²) in [5, 5.41) is 8.95. The molecule has 1 aliphatic rings. The quantitative estimate of drug-likeness (QED) is 0.763. The van der Waals surface area contributed by atoms with E-state index in [4.69, 9.17) is 14.6 Å². The van der Waals surface area contributed by atoms with Gasteiger partial charge in [-0.2, -0.15) is 0 Å². The number of benzene rings is 1. The van der Waals surface area contributed by atoms with Crippen LogP contribution in [0.4, 0.5) is 0 Å². The van der Waals surface area contributed by atoms with Crippen LogP contribution in [0.2, 0.25) is 0 Å². The second kappa shape index (κ2) is 4.53. The van der Waals surface area contributed by atoms with E-state index in [1.165, 1.54) is 0 Å². The van der Waals surface area contributed by atoms with E-state index < -0.39 is 0 Å². The number of carbonyl (C=O) groups excluding carboxylic acids is 1. The molecule has 2 rings (SSSR count). The zero-order valence-electron chi connectivity index (χ0n) is 9.10. The number of hydrogen-bond acceptors (Lipinski definition) is 4. The zero-order valence-corrected chi connectivity index (χ0v) is 9.10. The number of esters is 1. The first-order valence-electron chi connectivity index (χ1n) is 5.29. The average molecular weight is 222 g/mol. The van der Waals surface area contributed by atoms with E-state index in [9.17, 15) is 4.79 Å². The van der Waals surface area contributed by atoms with Gasteiger partial charge in [0.1, 0.15) is 24.0 Å². The summed E-state index contributed by atoms with van der Waals surface area (Å²) in [5.41, 5.74) is 1.28. The number of ether oxygens (including phenoxy) is 2. The molecule has 1 aromatic rings. The van der Waals surface area contributed by atoms with Crippen LogP contribution in [0, 0.1) is 0 Å². The number of hydrogen-bond donors (Lipinski definition) is 1. The van der Waals surface area contributed by atoms with Crippen LogP contribution >= 0.6 is 0 Å². The highest BCUT2D eigenvalue weighted by Gasteiger charge is 2.23. The van der Waals surface area contributed by atoms with Crippen LogP contribution in [-0.4, -0.2) is 30.4 Å². The van der Waals surface area contributed by atoms with Crippen molar-refractivity contribution in [2.24, 2.45) is 0 Å². The van der Waals surface area contributed by atoms with Gasteiger partial charge in [-0.25, -0.2) is 4.79 Å². The third kappa shape index (κ3) is 2.02. The van der Waals surface area contributed by atoms with Crippen molar-refractivity contribution >= 4 is 5.97 Å². The lowest BCUT2D eigenvalue weighted by molar-refractivity contribution is 0.0409. The first-order valence-corrected chi connectivity index (χ1v) is 5.29. The molecule has 1 N–H and O–H groups in total. The average Bonchev–Trinajstić information content (AvgIpc) is 2.41. The number of para-hydroxylation sites is 1. The first-order chi connectivity index (χ1) is 7.72. The number of aliphatic hydroxyl groups excluding tert-OH is 1.